The van der Waals surface area contributed by atoms with E-state index < -0.39 is 0 Å². The number of halogens is 1. The molecule has 0 radical (unpaired) electrons. The van der Waals surface area contributed by atoms with Crippen LogP contribution in [-0.4, -0.2) is 20.4 Å². The molecule has 0 bridgehead atoms. The molecule has 0 spiro atoms. The number of hydrogen-bond donors (Lipinski definition) is 0. The Kier molecular flexibility index (Phi) is 4.98. The Hall–Kier alpha value is -2.03. The average molecular weight is 314 g/mol. The smallest absolute Gasteiger partial charge is 0.103 e. The van der Waals surface area contributed by atoms with Gasteiger partial charge in [0.25, 0.3) is 0 Å². The van der Waals surface area contributed by atoms with E-state index >= 15 is 0 Å². The highest BCUT2D eigenvalue weighted by atomic mass is 19.1. The highest BCUT2D eigenvalue weighted by Crippen LogP contribution is 2.45. The monoisotopic (exact) mass is 314 g/mol. The number of hydrogen-bond acceptors (Lipinski definition) is 2. The fourth-order valence-electron chi connectivity index (χ4n) is 3.19. The average Bonchev–Trinajstić information content (AvgIpc) is 2.80. The Bertz CT molecular complexity index is 661. The maximum atomic E-state index is 9.50. The highest BCUT2D eigenvalue weighted by Gasteiger charge is 2.33. The van der Waals surface area contributed by atoms with Gasteiger partial charge in [0.05, 0.1) is 18.6 Å². The summed E-state index contributed by atoms with van der Waals surface area (Å²) in [7, 11) is 2.67. The lowest BCUT2D eigenvalue weighted by molar-refractivity contribution is 0.586. The zero-order valence-electron chi connectivity index (χ0n) is 15.0. The molecule has 1 atom stereocenters. The molecule has 1 aliphatic rings. The van der Waals surface area contributed by atoms with Gasteiger partial charge in [-0.05, 0) is 36.1 Å². The molecule has 0 saturated heterocycles. The Balaban J connectivity index is 0.000000924. The van der Waals surface area contributed by atoms with E-state index in [1.165, 1.54) is 22.6 Å². The zero-order chi connectivity index (χ0) is 17.2. The summed E-state index contributed by atoms with van der Waals surface area (Å²) in [5, 5.41) is 0. The molecule has 124 valence electrons. The summed E-state index contributed by atoms with van der Waals surface area (Å²) in [5.41, 5.74) is 5.43. The number of benzene rings is 2. The van der Waals surface area contributed by atoms with Crippen molar-refractivity contribution in [1.29, 1.82) is 0 Å². The summed E-state index contributed by atoms with van der Waals surface area (Å²) in [6.07, 6.45) is 0.325. The van der Waals surface area contributed by atoms with Gasteiger partial charge in [-0.3, -0.25) is 4.39 Å². The van der Waals surface area contributed by atoms with E-state index in [2.05, 4.69) is 93.1 Å². The van der Waals surface area contributed by atoms with Gasteiger partial charge in [0.2, 0.25) is 0 Å². The van der Waals surface area contributed by atoms with Crippen molar-refractivity contribution in [2.24, 2.45) is 0 Å². The number of nitrogens with zero attached hydrogens (tertiary/aromatic N) is 2. The lowest BCUT2D eigenvalue weighted by Gasteiger charge is -2.33. The highest BCUT2D eigenvalue weighted by molar-refractivity contribution is 5.84. The maximum absolute atomic E-state index is 9.50. The first-order chi connectivity index (χ1) is 10.9. The number of alkyl halides is 1. The van der Waals surface area contributed by atoms with E-state index in [0.29, 0.717) is 13.3 Å². The van der Waals surface area contributed by atoms with E-state index in [0.717, 1.165) is 0 Å². The van der Waals surface area contributed by atoms with Crippen LogP contribution >= 0.6 is 0 Å². The van der Waals surface area contributed by atoms with E-state index in [4.69, 9.17) is 0 Å². The summed E-state index contributed by atoms with van der Waals surface area (Å²) >= 11 is 0. The number of anilines is 3. The number of rotatable bonds is 1. The second kappa shape index (κ2) is 6.61. The van der Waals surface area contributed by atoms with E-state index in [1.54, 1.807) is 0 Å². The minimum absolute atomic E-state index is 0.131. The topological polar surface area (TPSA) is 6.48 Å². The van der Waals surface area contributed by atoms with Gasteiger partial charge in [-0.15, -0.1) is 0 Å². The molecule has 23 heavy (non-hydrogen) atoms. The first-order valence-corrected chi connectivity index (χ1v) is 7.99. The third-order valence-electron chi connectivity index (χ3n) is 4.43. The van der Waals surface area contributed by atoms with E-state index in [1.807, 2.05) is 0 Å². The summed E-state index contributed by atoms with van der Waals surface area (Å²) in [4.78, 5) is 4.80. The van der Waals surface area contributed by atoms with Crippen LogP contribution in [0.3, 0.4) is 0 Å². The molecule has 0 fully saturated rings. The SMILES string of the molecule is CC1N(C)c2ccccc2N1c1ccccc1C(C)(C)C.CF. The maximum Gasteiger partial charge on any atom is 0.103 e. The molecule has 1 heterocycles. The fraction of sp³-hybridized carbons (Fsp3) is 0.400. The summed E-state index contributed by atoms with van der Waals surface area (Å²) < 4.78 is 9.50. The van der Waals surface area contributed by atoms with Crippen molar-refractivity contribution >= 4 is 17.1 Å². The number of para-hydroxylation sites is 3. The van der Waals surface area contributed by atoms with Crippen LogP contribution in [0.15, 0.2) is 48.5 Å². The van der Waals surface area contributed by atoms with Crippen LogP contribution in [0.4, 0.5) is 21.5 Å². The van der Waals surface area contributed by atoms with Crippen molar-refractivity contribution < 1.29 is 4.39 Å². The molecule has 1 unspecified atom stereocenters. The minimum Gasteiger partial charge on any atom is -0.353 e. The van der Waals surface area contributed by atoms with Crippen molar-refractivity contribution in [1.82, 2.24) is 0 Å². The van der Waals surface area contributed by atoms with Gasteiger partial charge in [-0.2, -0.15) is 0 Å². The second-order valence-electron chi connectivity index (χ2n) is 6.87. The first kappa shape index (κ1) is 17.3. The lowest BCUT2D eigenvalue weighted by atomic mass is 9.85. The summed E-state index contributed by atoms with van der Waals surface area (Å²) in [6, 6.07) is 17.4. The van der Waals surface area contributed by atoms with Crippen molar-refractivity contribution in [3.63, 3.8) is 0 Å². The van der Waals surface area contributed by atoms with Gasteiger partial charge in [-0.1, -0.05) is 51.1 Å². The molecule has 0 N–H and O–H groups in total. The molecule has 0 aromatic heterocycles. The fourth-order valence-corrected chi connectivity index (χ4v) is 3.19. The van der Waals surface area contributed by atoms with Gasteiger partial charge >= 0.3 is 0 Å². The molecule has 2 nitrogen and oxygen atoms in total. The molecular weight excluding hydrogens is 287 g/mol. The van der Waals surface area contributed by atoms with Gasteiger partial charge < -0.3 is 9.80 Å². The Morgan fingerprint density at radius 2 is 1.30 bits per heavy atom. The van der Waals surface area contributed by atoms with Crippen molar-refractivity contribution in [2.45, 2.75) is 39.3 Å². The van der Waals surface area contributed by atoms with Crippen molar-refractivity contribution in [3.05, 3.63) is 54.1 Å². The van der Waals surface area contributed by atoms with Crippen LogP contribution in [0.1, 0.15) is 33.3 Å². The molecule has 0 amide bonds. The van der Waals surface area contributed by atoms with Crippen LogP contribution < -0.4 is 9.80 Å². The predicted octanol–water partition coefficient (Wildman–Crippen LogP) is 5.50. The molecule has 2 aromatic rings. The van der Waals surface area contributed by atoms with Gasteiger partial charge in [-0.25, -0.2) is 0 Å². The van der Waals surface area contributed by atoms with Crippen LogP contribution in [0.5, 0.6) is 0 Å². The second-order valence-corrected chi connectivity index (χ2v) is 6.87. The molecular formula is C20H27FN2. The van der Waals surface area contributed by atoms with Gasteiger partial charge in [0.15, 0.2) is 0 Å². The third kappa shape index (κ3) is 3.05. The molecule has 3 rings (SSSR count). The summed E-state index contributed by atoms with van der Waals surface area (Å²) in [6.45, 7) is 9.10. The van der Waals surface area contributed by atoms with E-state index in [9.17, 15) is 4.39 Å². The molecule has 3 heteroatoms. The Labute approximate surface area is 139 Å². The standard InChI is InChI=1S/C19H24N2.CH3F/c1-14-20(5)17-12-8-9-13-18(17)21(14)16-11-7-6-10-15(16)19(2,3)4;1-2/h6-14H,1-5H3;1H3. The number of fused-ring (bicyclic) bond motifs is 1. The van der Waals surface area contributed by atoms with Crippen LogP contribution in [0, 0.1) is 0 Å². The Morgan fingerprint density at radius 1 is 0.826 bits per heavy atom. The predicted molar refractivity (Wildman–Crippen MR) is 98.6 cm³/mol. The van der Waals surface area contributed by atoms with Crippen molar-refractivity contribution in [3.8, 4) is 0 Å². The molecule has 1 aliphatic heterocycles. The van der Waals surface area contributed by atoms with Gasteiger partial charge in [0, 0.05) is 12.7 Å². The van der Waals surface area contributed by atoms with Gasteiger partial charge in [0.1, 0.15) is 6.17 Å². The lowest BCUT2D eigenvalue weighted by Crippen LogP contribution is -2.36. The largest absolute Gasteiger partial charge is 0.353 e. The molecule has 0 saturated carbocycles. The minimum atomic E-state index is 0.131. The van der Waals surface area contributed by atoms with E-state index in [-0.39, 0.29) is 5.41 Å². The molecule has 2 aromatic carbocycles. The van der Waals surface area contributed by atoms with Crippen LogP contribution in [0.25, 0.3) is 0 Å². The Morgan fingerprint density at radius 3 is 1.87 bits per heavy atom. The first-order valence-electron chi connectivity index (χ1n) is 7.99. The van der Waals surface area contributed by atoms with Crippen LogP contribution in [-0.2, 0) is 5.41 Å². The third-order valence-corrected chi connectivity index (χ3v) is 4.43. The molecule has 0 aliphatic carbocycles. The zero-order valence-corrected chi connectivity index (χ0v) is 15.0. The van der Waals surface area contributed by atoms with Crippen LogP contribution in [0.2, 0.25) is 0 Å². The quantitative estimate of drug-likeness (QED) is 0.685. The summed E-state index contributed by atoms with van der Waals surface area (Å²) in [5.74, 6) is 0. The van der Waals surface area contributed by atoms with Crippen molar-refractivity contribution in [2.75, 3.05) is 24.0 Å². The normalized spacial score (nSPS) is 16.7.